The van der Waals surface area contributed by atoms with E-state index in [9.17, 15) is 9.13 Å². The molecule has 0 aromatic heterocycles. The van der Waals surface area contributed by atoms with E-state index in [2.05, 4.69) is 81.8 Å². The first-order valence-electron chi connectivity index (χ1n) is 5.71. The summed E-state index contributed by atoms with van der Waals surface area (Å²) in [5, 5.41) is -1.87. The van der Waals surface area contributed by atoms with Crippen molar-refractivity contribution in [2.45, 2.75) is 16.5 Å². The van der Waals surface area contributed by atoms with Crippen LogP contribution in [0.4, 0.5) is 0 Å². The van der Waals surface area contributed by atoms with E-state index in [1.165, 1.54) is 28.4 Å². The number of halogens is 8. The fraction of sp³-hybridized carbons (Fsp3) is 1.00. The quantitative estimate of drug-likeness (QED) is 0.169. The SMILES string of the molecule is COP(=O)(OC)OC(Br)C(Cl)(Cl)Br.COP(=O)(OC)OC(Br)C(Cl)(Cl)Br. The summed E-state index contributed by atoms with van der Waals surface area (Å²) in [5.41, 5.74) is 0. The molecule has 0 aromatic rings. The summed E-state index contributed by atoms with van der Waals surface area (Å²) in [7, 11) is -2.43. The highest BCUT2D eigenvalue weighted by Crippen LogP contribution is 2.54. The first kappa shape index (κ1) is 31.5. The standard InChI is InChI=1S/2C4H7Br2Cl2O4P/c2*1-10-13(9,11-2)12-3(5)4(6,7)8/h2*3H,1-2H3. The molecule has 2 atom stereocenters. The van der Waals surface area contributed by atoms with Gasteiger partial charge in [0.05, 0.1) is 0 Å². The van der Waals surface area contributed by atoms with Gasteiger partial charge in [-0.3, -0.25) is 27.1 Å². The lowest BCUT2D eigenvalue weighted by Gasteiger charge is -2.22. The third-order valence-corrected chi connectivity index (χ3v) is 10.8. The van der Waals surface area contributed by atoms with Gasteiger partial charge in [0.1, 0.15) is 0 Å². The summed E-state index contributed by atoms with van der Waals surface area (Å²) >= 11 is 34.0. The van der Waals surface area contributed by atoms with E-state index in [0.717, 1.165) is 0 Å². The molecule has 0 aromatic carbocycles. The lowest BCUT2D eigenvalue weighted by Crippen LogP contribution is -2.21. The summed E-state index contributed by atoms with van der Waals surface area (Å²) in [6.45, 7) is 0. The molecule has 2 unspecified atom stereocenters. The molecule has 18 heteroatoms. The lowest BCUT2D eigenvalue weighted by atomic mass is 10.9. The smallest absolute Gasteiger partial charge is 0.290 e. The maximum absolute atomic E-state index is 11.4. The van der Waals surface area contributed by atoms with Gasteiger partial charge in [-0.05, 0) is 31.9 Å². The Labute approximate surface area is 205 Å². The minimum absolute atomic E-state index is 0.936. The van der Waals surface area contributed by atoms with Crippen LogP contribution in [0.15, 0.2) is 0 Å². The second-order valence-electron chi connectivity index (χ2n) is 3.55. The Hall–Kier alpha value is 3.30. The van der Waals surface area contributed by atoms with E-state index in [1.807, 2.05) is 0 Å². The average Bonchev–Trinajstić information content (AvgIpc) is 2.53. The highest BCUT2D eigenvalue weighted by Gasteiger charge is 2.39. The van der Waals surface area contributed by atoms with E-state index in [0.29, 0.717) is 0 Å². The Morgan fingerprint density at radius 2 is 0.885 bits per heavy atom. The van der Waals surface area contributed by atoms with Crippen molar-refractivity contribution in [2.24, 2.45) is 0 Å². The second kappa shape index (κ2) is 13.7. The van der Waals surface area contributed by atoms with E-state index in [4.69, 9.17) is 55.5 Å². The fourth-order valence-corrected chi connectivity index (χ4v) is 4.21. The van der Waals surface area contributed by atoms with Gasteiger partial charge in [-0.25, -0.2) is 9.13 Å². The molecule has 0 radical (unpaired) electrons. The van der Waals surface area contributed by atoms with E-state index in [-0.39, 0.29) is 0 Å². The van der Waals surface area contributed by atoms with E-state index >= 15 is 0 Å². The Balaban J connectivity index is 0. The zero-order chi connectivity index (χ0) is 21.4. The van der Waals surface area contributed by atoms with Gasteiger partial charge >= 0.3 is 15.6 Å². The number of hydrogen-bond donors (Lipinski definition) is 0. The third-order valence-electron chi connectivity index (χ3n) is 1.85. The Kier molecular flexibility index (Phi) is 16.5. The molecule has 0 saturated heterocycles. The van der Waals surface area contributed by atoms with Gasteiger partial charge in [0.15, 0.2) is 10.0 Å². The van der Waals surface area contributed by atoms with Crippen LogP contribution >= 0.6 is 126 Å². The molecule has 0 amide bonds. The van der Waals surface area contributed by atoms with Crippen molar-refractivity contribution in [3.05, 3.63) is 0 Å². The Bertz CT molecular complexity index is 446. The normalized spacial score (nSPS) is 15.8. The molecule has 0 aliphatic heterocycles. The average molecular weight is 762 g/mol. The van der Waals surface area contributed by atoms with Crippen LogP contribution in [-0.4, -0.2) is 45.0 Å². The van der Waals surface area contributed by atoms with Gasteiger partial charge in [-0.1, -0.05) is 78.3 Å². The minimum Gasteiger partial charge on any atom is -0.290 e. The van der Waals surface area contributed by atoms with Crippen LogP contribution in [0.5, 0.6) is 0 Å². The lowest BCUT2D eigenvalue weighted by molar-refractivity contribution is 0.145. The summed E-state index contributed by atoms with van der Waals surface area (Å²) in [4.78, 5) is 0. The largest absolute Gasteiger partial charge is 0.475 e. The van der Waals surface area contributed by atoms with Crippen molar-refractivity contribution in [1.82, 2.24) is 0 Å². The van der Waals surface area contributed by atoms with Crippen molar-refractivity contribution < 1.29 is 36.3 Å². The molecule has 0 heterocycles. The van der Waals surface area contributed by atoms with Crippen molar-refractivity contribution in [3.63, 3.8) is 0 Å². The van der Waals surface area contributed by atoms with Gasteiger partial charge in [0, 0.05) is 28.4 Å². The zero-order valence-corrected chi connectivity index (χ0v) is 24.5. The number of phosphoric ester groups is 2. The van der Waals surface area contributed by atoms with Crippen molar-refractivity contribution in [2.75, 3.05) is 28.4 Å². The van der Waals surface area contributed by atoms with Crippen LogP contribution in [0.1, 0.15) is 0 Å². The van der Waals surface area contributed by atoms with E-state index in [1.54, 1.807) is 0 Å². The molecule has 0 fully saturated rings. The molecule has 0 spiro atoms. The first-order chi connectivity index (χ1) is 11.5. The molecule has 0 saturated carbocycles. The first-order valence-corrected chi connectivity index (χ1v) is 13.6. The van der Waals surface area contributed by atoms with Crippen molar-refractivity contribution in [3.8, 4) is 0 Å². The molecule has 0 bridgehead atoms. The van der Waals surface area contributed by atoms with Gasteiger partial charge in [-0.2, -0.15) is 0 Å². The third kappa shape index (κ3) is 13.6. The Morgan fingerprint density at radius 3 is 1.00 bits per heavy atom. The van der Waals surface area contributed by atoms with Crippen LogP contribution in [0.2, 0.25) is 0 Å². The van der Waals surface area contributed by atoms with Gasteiger partial charge in [-0.15, -0.1) is 0 Å². The minimum atomic E-state index is -3.58. The van der Waals surface area contributed by atoms with Crippen LogP contribution in [0.3, 0.4) is 0 Å². The zero-order valence-electron chi connectivity index (χ0n) is 13.3. The Morgan fingerprint density at radius 1 is 0.692 bits per heavy atom. The maximum Gasteiger partial charge on any atom is 0.475 e. The maximum atomic E-state index is 11.4. The fourth-order valence-electron chi connectivity index (χ4n) is 0.667. The molecule has 0 aliphatic rings. The second-order valence-corrected chi connectivity index (χ2v) is 16.0. The van der Waals surface area contributed by atoms with Gasteiger partial charge in [0.2, 0.25) is 6.49 Å². The molecule has 0 rings (SSSR count). The summed E-state index contributed by atoms with van der Waals surface area (Å²) in [5.74, 6) is 0. The number of alkyl halides is 8. The van der Waals surface area contributed by atoms with Gasteiger partial charge in [0.25, 0.3) is 0 Å². The van der Waals surface area contributed by atoms with Crippen LogP contribution in [0.25, 0.3) is 0 Å². The summed E-state index contributed by atoms with van der Waals surface area (Å²) in [6.07, 6.45) is 0. The number of phosphoric acid groups is 2. The number of rotatable bonds is 10. The van der Waals surface area contributed by atoms with Gasteiger partial charge < -0.3 is 0 Å². The van der Waals surface area contributed by atoms with E-state index < -0.39 is 32.2 Å². The highest BCUT2D eigenvalue weighted by molar-refractivity contribution is 9.13. The predicted octanol–water partition coefficient (Wildman–Crippen LogP) is 7.30. The van der Waals surface area contributed by atoms with Crippen molar-refractivity contribution in [1.29, 1.82) is 0 Å². The van der Waals surface area contributed by atoms with Crippen LogP contribution in [0, 0.1) is 0 Å². The predicted molar refractivity (Wildman–Crippen MR) is 118 cm³/mol. The highest BCUT2D eigenvalue weighted by atomic mass is 79.9. The van der Waals surface area contributed by atoms with Crippen LogP contribution < -0.4 is 0 Å². The molecule has 160 valence electrons. The molecular weight excluding hydrogens is 747 g/mol. The summed E-state index contributed by atoms with van der Waals surface area (Å²) < 4.78 is 47.5. The molecule has 8 nitrogen and oxygen atoms in total. The molecule has 0 aliphatic carbocycles. The summed E-state index contributed by atoms with van der Waals surface area (Å²) in [6, 6.07) is 0. The monoisotopic (exact) mass is 756 g/mol. The molecule has 26 heavy (non-hydrogen) atoms. The molecule has 0 N–H and O–H groups in total. The molecular formula is C8H14Br4Cl4O8P2. The van der Waals surface area contributed by atoms with Crippen LogP contribution in [-0.2, 0) is 36.3 Å². The number of hydrogen-bond acceptors (Lipinski definition) is 8. The van der Waals surface area contributed by atoms with Crippen molar-refractivity contribution >= 4 is 126 Å². The topological polar surface area (TPSA) is 89.5 Å².